The molecule has 1 aromatic heterocycles. The van der Waals surface area contributed by atoms with Gasteiger partial charge in [-0.3, -0.25) is 4.79 Å². The molecule has 0 bridgehead atoms. The predicted molar refractivity (Wildman–Crippen MR) is 92.3 cm³/mol. The molecular weight excluding hydrogens is 337 g/mol. The van der Waals surface area contributed by atoms with Gasteiger partial charge in [0.25, 0.3) is 0 Å². The number of carbonyl (C=O) groups excluding carboxylic acids is 1. The van der Waals surface area contributed by atoms with Crippen LogP contribution in [-0.2, 0) is 0 Å². The third kappa shape index (κ3) is 2.34. The van der Waals surface area contributed by atoms with Crippen molar-refractivity contribution in [1.29, 1.82) is 0 Å². The molecule has 5 heteroatoms. The zero-order valence-corrected chi connectivity index (χ0v) is 13.7. The lowest BCUT2D eigenvalue weighted by molar-refractivity contribution is 0.0976. The number of ketones is 1. The van der Waals surface area contributed by atoms with Gasteiger partial charge in [0, 0.05) is 49.3 Å². The Morgan fingerprint density at radius 2 is 1.86 bits per heavy atom. The van der Waals surface area contributed by atoms with E-state index in [0.29, 0.717) is 16.5 Å². The van der Waals surface area contributed by atoms with Gasteiger partial charge in [0.2, 0.25) is 0 Å². The van der Waals surface area contributed by atoms with Gasteiger partial charge in [0.1, 0.15) is 0 Å². The number of carbonyl (C=O) groups is 1. The lowest BCUT2D eigenvalue weighted by Crippen LogP contribution is -2.12. The van der Waals surface area contributed by atoms with E-state index in [9.17, 15) is 4.79 Å². The second-order valence-electron chi connectivity index (χ2n) is 5.31. The molecule has 22 heavy (non-hydrogen) atoms. The molecule has 2 aromatic carbocycles. The molecule has 0 spiro atoms. The van der Waals surface area contributed by atoms with Crippen LogP contribution >= 0.6 is 35.0 Å². The number of H-pyrrole nitrogens is 1. The quantitative estimate of drug-likeness (QED) is 0.594. The number of fused-ring (bicyclic) bond motifs is 2. The standard InChI is InChI=1S/C17H11Cl2NOS/c18-9-1-3-14-11(5-9)13(8-20-14)17-7-15(21)12-6-10(19)2-4-16(12)22-17/h1-6,8,17,20H,7H2. The van der Waals surface area contributed by atoms with E-state index in [1.54, 1.807) is 17.8 Å². The van der Waals surface area contributed by atoms with E-state index in [1.165, 1.54) is 0 Å². The van der Waals surface area contributed by atoms with Crippen molar-refractivity contribution in [3.63, 3.8) is 0 Å². The Hall–Kier alpha value is -1.42. The largest absolute Gasteiger partial charge is 0.361 e. The first-order valence-electron chi connectivity index (χ1n) is 6.88. The average molecular weight is 348 g/mol. The first-order valence-corrected chi connectivity index (χ1v) is 8.51. The van der Waals surface area contributed by atoms with Gasteiger partial charge in [-0.2, -0.15) is 0 Å². The maximum Gasteiger partial charge on any atom is 0.165 e. The van der Waals surface area contributed by atoms with E-state index < -0.39 is 0 Å². The second kappa shape index (κ2) is 5.34. The molecule has 1 aliphatic rings. The summed E-state index contributed by atoms with van der Waals surface area (Å²) in [5.41, 5.74) is 2.89. The zero-order chi connectivity index (χ0) is 15.3. The minimum Gasteiger partial charge on any atom is -0.361 e. The highest BCUT2D eigenvalue weighted by molar-refractivity contribution is 7.99. The molecule has 1 unspecified atom stereocenters. The fourth-order valence-electron chi connectivity index (χ4n) is 2.85. The van der Waals surface area contributed by atoms with Gasteiger partial charge in [-0.15, -0.1) is 11.8 Å². The molecule has 0 saturated carbocycles. The third-order valence-electron chi connectivity index (χ3n) is 3.90. The molecule has 0 aliphatic carbocycles. The summed E-state index contributed by atoms with van der Waals surface area (Å²) in [6, 6.07) is 11.3. The van der Waals surface area contributed by atoms with Crippen LogP contribution in [0.5, 0.6) is 0 Å². The van der Waals surface area contributed by atoms with E-state index in [2.05, 4.69) is 4.98 Å². The van der Waals surface area contributed by atoms with Crippen molar-refractivity contribution >= 4 is 51.6 Å². The normalized spacial score (nSPS) is 17.7. The van der Waals surface area contributed by atoms with Crippen molar-refractivity contribution in [1.82, 2.24) is 4.98 Å². The smallest absolute Gasteiger partial charge is 0.165 e. The predicted octanol–water partition coefficient (Wildman–Crippen LogP) is 5.89. The zero-order valence-electron chi connectivity index (χ0n) is 11.4. The van der Waals surface area contributed by atoms with Gasteiger partial charge >= 0.3 is 0 Å². The van der Waals surface area contributed by atoms with Crippen LogP contribution in [0.4, 0.5) is 0 Å². The van der Waals surface area contributed by atoms with Crippen molar-refractivity contribution in [3.8, 4) is 0 Å². The first kappa shape index (κ1) is 14.2. The van der Waals surface area contributed by atoms with E-state index in [0.717, 1.165) is 26.9 Å². The summed E-state index contributed by atoms with van der Waals surface area (Å²) in [5.74, 6) is 0.137. The highest BCUT2D eigenvalue weighted by Gasteiger charge is 2.28. The summed E-state index contributed by atoms with van der Waals surface area (Å²) in [6.45, 7) is 0. The molecule has 1 atom stereocenters. The molecule has 0 amide bonds. The molecule has 110 valence electrons. The van der Waals surface area contributed by atoms with Gasteiger partial charge in [-0.1, -0.05) is 23.2 Å². The molecule has 0 saturated heterocycles. The van der Waals surface area contributed by atoms with Crippen LogP contribution in [-0.4, -0.2) is 10.8 Å². The van der Waals surface area contributed by atoms with Crippen LogP contribution in [0.3, 0.4) is 0 Å². The van der Waals surface area contributed by atoms with Crippen molar-refractivity contribution < 1.29 is 4.79 Å². The number of halogens is 2. The number of benzene rings is 2. The number of aromatic nitrogens is 1. The molecule has 0 fully saturated rings. The highest BCUT2D eigenvalue weighted by Crippen LogP contribution is 2.47. The Labute approximate surface area is 141 Å². The van der Waals surface area contributed by atoms with Crippen LogP contribution in [0.2, 0.25) is 10.0 Å². The van der Waals surface area contributed by atoms with Crippen molar-refractivity contribution in [2.75, 3.05) is 0 Å². The number of hydrogen-bond acceptors (Lipinski definition) is 2. The summed E-state index contributed by atoms with van der Waals surface area (Å²) in [4.78, 5) is 16.7. The number of nitrogens with one attached hydrogen (secondary N) is 1. The van der Waals surface area contributed by atoms with E-state index in [-0.39, 0.29) is 11.0 Å². The molecule has 3 aromatic rings. The summed E-state index contributed by atoms with van der Waals surface area (Å²) < 4.78 is 0. The fraction of sp³-hybridized carbons (Fsp3) is 0.118. The maximum absolute atomic E-state index is 12.4. The first-order chi connectivity index (χ1) is 10.6. The van der Waals surface area contributed by atoms with E-state index in [4.69, 9.17) is 23.2 Å². The van der Waals surface area contributed by atoms with E-state index in [1.807, 2.05) is 36.5 Å². The Bertz CT molecular complexity index is 903. The van der Waals surface area contributed by atoms with E-state index >= 15 is 0 Å². The molecule has 1 N–H and O–H groups in total. The van der Waals surface area contributed by atoms with Gasteiger partial charge in [-0.05, 0) is 42.0 Å². The molecule has 2 heterocycles. The summed E-state index contributed by atoms with van der Waals surface area (Å²) in [7, 11) is 0. The number of rotatable bonds is 1. The van der Waals surface area contributed by atoms with Crippen molar-refractivity contribution in [2.45, 2.75) is 16.6 Å². The number of aromatic amines is 1. The van der Waals surface area contributed by atoms with Crippen LogP contribution < -0.4 is 0 Å². The molecule has 1 aliphatic heterocycles. The van der Waals surface area contributed by atoms with Crippen LogP contribution in [0, 0.1) is 0 Å². The van der Waals surface area contributed by atoms with Gasteiger partial charge in [-0.25, -0.2) is 0 Å². The third-order valence-corrected chi connectivity index (χ3v) is 5.69. The molecular formula is C17H11Cl2NOS. The Balaban J connectivity index is 1.79. The summed E-state index contributed by atoms with van der Waals surface area (Å²) in [6.07, 6.45) is 2.45. The second-order valence-corrected chi connectivity index (χ2v) is 7.43. The van der Waals surface area contributed by atoms with Gasteiger partial charge < -0.3 is 4.98 Å². The summed E-state index contributed by atoms with van der Waals surface area (Å²) >= 11 is 13.8. The average Bonchev–Trinajstić information content (AvgIpc) is 2.91. The number of hydrogen-bond donors (Lipinski definition) is 1. The van der Waals surface area contributed by atoms with Crippen molar-refractivity contribution in [3.05, 3.63) is 63.8 Å². The van der Waals surface area contributed by atoms with Crippen molar-refractivity contribution in [2.24, 2.45) is 0 Å². The Morgan fingerprint density at radius 1 is 1.09 bits per heavy atom. The molecule has 0 radical (unpaired) electrons. The lowest BCUT2D eigenvalue weighted by Gasteiger charge is -2.23. The Kier molecular flexibility index (Phi) is 3.44. The van der Waals surface area contributed by atoms with Crippen LogP contribution in [0.25, 0.3) is 10.9 Å². The van der Waals surface area contributed by atoms with Gasteiger partial charge in [0.05, 0.1) is 0 Å². The topological polar surface area (TPSA) is 32.9 Å². The maximum atomic E-state index is 12.4. The van der Waals surface area contributed by atoms with Crippen LogP contribution in [0.15, 0.2) is 47.5 Å². The Morgan fingerprint density at radius 3 is 2.73 bits per heavy atom. The SMILES string of the molecule is O=C1CC(c2c[nH]c3ccc(Cl)cc23)Sc2ccc(Cl)cc21. The summed E-state index contributed by atoms with van der Waals surface area (Å²) in [5, 5.41) is 2.47. The number of Topliss-reactive ketones (excluding diaryl/α,β-unsaturated/α-hetero) is 1. The fourth-order valence-corrected chi connectivity index (χ4v) is 4.50. The monoisotopic (exact) mass is 347 g/mol. The molecule has 4 rings (SSSR count). The highest BCUT2D eigenvalue weighted by atomic mass is 35.5. The molecule has 2 nitrogen and oxygen atoms in total. The minimum atomic E-state index is 0.0911. The van der Waals surface area contributed by atoms with Gasteiger partial charge in [0.15, 0.2) is 5.78 Å². The van der Waals surface area contributed by atoms with Crippen LogP contribution in [0.1, 0.15) is 27.6 Å². The minimum absolute atomic E-state index is 0.0911. The number of thioether (sulfide) groups is 1. The lowest BCUT2D eigenvalue weighted by atomic mass is 10.0.